The molecule has 7 heteroatoms. The quantitative estimate of drug-likeness (QED) is 0.827. The van der Waals surface area contributed by atoms with Crippen molar-refractivity contribution in [1.29, 1.82) is 0 Å². The van der Waals surface area contributed by atoms with E-state index in [4.69, 9.17) is 11.6 Å². The third-order valence-corrected chi connectivity index (χ3v) is 3.49. The van der Waals surface area contributed by atoms with Crippen LogP contribution in [0.4, 0.5) is 18.3 Å². The SMILES string of the molecule is FC(F)(F)CCCNc1nc2cc(Cl)ccc2s1. The third kappa shape index (κ3) is 3.74. The Morgan fingerprint density at radius 2 is 2.11 bits per heavy atom. The molecule has 18 heavy (non-hydrogen) atoms. The average molecular weight is 295 g/mol. The maximum absolute atomic E-state index is 11.9. The van der Waals surface area contributed by atoms with Crippen molar-refractivity contribution in [3.05, 3.63) is 23.2 Å². The lowest BCUT2D eigenvalue weighted by Crippen LogP contribution is -2.10. The molecule has 0 aliphatic rings. The number of hydrogen-bond acceptors (Lipinski definition) is 3. The smallest absolute Gasteiger partial charge is 0.361 e. The molecule has 98 valence electrons. The number of thiazole rings is 1. The highest BCUT2D eigenvalue weighted by Crippen LogP contribution is 2.28. The molecule has 0 saturated heterocycles. The summed E-state index contributed by atoms with van der Waals surface area (Å²) in [5.74, 6) is 0. The van der Waals surface area contributed by atoms with Crippen LogP contribution in [0, 0.1) is 0 Å². The fourth-order valence-corrected chi connectivity index (χ4v) is 2.50. The number of fused-ring (bicyclic) bond motifs is 1. The van der Waals surface area contributed by atoms with Gasteiger partial charge in [0.15, 0.2) is 5.13 Å². The Labute approximate surface area is 111 Å². The summed E-state index contributed by atoms with van der Waals surface area (Å²) in [4.78, 5) is 4.25. The highest BCUT2D eigenvalue weighted by atomic mass is 35.5. The van der Waals surface area contributed by atoms with E-state index in [9.17, 15) is 13.2 Å². The van der Waals surface area contributed by atoms with Crippen molar-refractivity contribution in [1.82, 2.24) is 4.98 Å². The Hall–Kier alpha value is -1.01. The molecule has 0 aliphatic heterocycles. The highest BCUT2D eigenvalue weighted by molar-refractivity contribution is 7.22. The minimum absolute atomic E-state index is 0.0418. The molecule has 1 aromatic carbocycles. The van der Waals surface area contributed by atoms with Gasteiger partial charge in [0.1, 0.15) is 0 Å². The van der Waals surface area contributed by atoms with Crippen LogP contribution in [0.3, 0.4) is 0 Å². The molecule has 2 aromatic rings. The molecule has 0 fully saturated rings. The van der Waals surface area contributed by atoms with Crippen molar-refractivity contribution < 1.29 is 13.2 Å². The number of nitrogens with zero attached hydrogens (tertiary/aromatic N) is 1. The first kappa shape index (κ1) is 13.4. The Kier molecular flexibility index (Phi) is 3.97. The first-order chi connectivity index (χ1) is 8.44. The number of rotatable bonds is 4. The molecule has 0 atom stereocenters. The van der Waals surface area contributed by atoms with Crippen LogP contribution >= 0.6 is 22.9 Å². The monoisotopic (exact) mass is 294 g/mol. The van der Waals surface area contributed by atoms with Crippen LogP contribution in [0.2, 0.25) is 5.02 Å². The number of aromatic nitrogens is 1. The molecule has 0 unspecified atom stereocenters. The summed E-state index contributed by atoms with van der Waals surface area (Å²) in [6, 6.07) is 5.33. The zero-order valence-electron chi connectivity index (χ0n) is 9.22. The van der Waals surface area contributed by atoms with Gasteiger partial charge in [-0.25, -0.2) is 4.98 Å². The lowest BCUT2D eigenvalue weighted by atomic mass is 10.3. The summed E-state index contributed by atoms with van der Waals surface area (Å²) < 4.78 is 36.8. The van der Waals surface area contributed by atoms with E-state index in [0.717, 1.165) is 10.2 Å². The molecule has 1 heterocycles. The van der Waals surface area contributed by atoms with E-state index in [1.165, 1.54) is 11.3 Å². The van der Waals surface area contributed by atoms with Gasteiger partial charge in [-0.3, -0.25) is 0 Å². The lowest BCUT2D eigenvalue weighted by molar-refractivity contribution is -0.134. The first-order valence-corrected chi connectivity index (χ1v) is 6.50. The topological polar surface area (TPSA) is 24.9 Å². The van der Waals surface area contributed by atoms with Crippen LogP contribution in [0.25, 0.3) is 10.2 Å². The fraction of sp³-hybridized carbons (Fsp3) is 0.364. The third-order valence-electron chi connectivity index (χ3n) is 2.26. The molecule has 2 nitrogen and oxygen atoms in total. The number of benzene rings is 1. The summed E-state index contributed by atoms with van der Waals surface area (Å²) in [5.41, 5.74) is 0.755. The summed E-state index contributed by atoms with van der Waals surface area (Å²) >= 11 is 7.23. The van der Waals surface area contributed by atoms with E-state index in [0.29, 0.717) is 10.2 Å². The standard InChI is InChI=1S/C11H10ClF3N2S/c12-7-2-3-9-8(6-7)17-10(18-9)16-5-1-4-11(13,14)15/h2-3,6H,1,4-5H2,(H,16,17). The van der Waals surface area contributed by atoms with Gasteiger partial charge in [0.2, 0.25) is 0 Å². The number of halogens is 4. The largest absolute Gasteiger partial charge is 0.389 e. The maximum atomic E-state index is 11.9. The van der Waals surface area contributed by atoms with E-state index in [2.05, 4.69) is 10.3 Å². The van der Waals surface area contributed by atoms with Crippen LogP contribution in [0.15, 0.2) is 18.2 Å². The lowest BCUT2D eigenvalue weighted by Gasteiger charge is -2.05. The van der Waals surface area contributed by atoms with Crippen LogP contribution in [-0.4, -0.2) is 17.7 Å². The molecule has 0 amide bonds. The predicted octanol–water partition coefficient (Wildman–Crippen LogP) is 4.70. The zero-order chi connectivity index (χ0) is 13.2. The Morgan fingerprint density at radius 1 is 1.33 bits per heavy atom. The predicted molar refractivity (Wildman–Crippen MR) is 68.4 cm³/mol. The molecule has 0 spiro atoms. The molecule has 1 N–H and O–H groups in total. The van der Waals surface area contributed by atoms with Gasteiger partial charge in [-0.05, 0) is 24.6 Å². The zero-order valence-corrected chi connectivity index (χ0v) is 10.8. The van der Waals surface area contributed by atoms with Gasteiger partial charge in [0.05, 0.1) is 10.2 Å². The molecule has 0 aliphatic carbocycles. The van der Waals surface area contributed by atoms with Crippen molar-refractivity contribution >= 4 is 38.3 Å². The number of hydrogen-bond donors (Lipinski definition) is 1. The van der Waals surface area contributed by atoms with Crippen molar-refractivity contribution in [2.45, 2.75) is 19.0 Å². The minimum Gasteiger partial charge on any atom is -0.361 e. The summed E-state index contributed by atoms with van der Waals surface area (Å²) in [6.45, 7) is 0.257. The van der Waals surface area contributed by atoms with Gasteiger partial charge in [0.25, 0.3) is 0 Å². The number of anilines is 1. The van der Waals surface area contributed by atoms with Crippen LogP contribution in [0.5, 0.6) is 0 Å². The molecule has 0 saturated carbocycles. The minimum atomic E-state index is -4.09. The Balaban J connectivity index is 1.92. The maximum Gasteiger partial charge on any atom is 0.389 e. The molecule has 1 aromatic heterocycles. The summed E-state index contributed by atoms with van der Waals surface area (Å²) in [7, 11) is 0. The fourth-order valence-electron chi connectivity index (χ4n) is 1.46. The molecular weight excluding hydrogens is 285 g/mol. The average Bonchev–Trinajstić information content (AvgIpc) is 2.65. The van der Waals surface area contributed by atoms with Gasteiger partial charge in [-0.2, -0.15) is 13.2 Å². The van der Waals surface area contributed by atoms with E-state index in [1.54, 1.807) is 12.1 Å². The normalized spacial score (nSPS) is 12.0. The van der Waals surface area contributed by atoms with Gasteiger partial charge in [-0.15, -0.1) is 0 Å². The second-order valence-electron chi connectivity index (χ2n) is 3.78. The van der Waals surface area contributed by atoms with Gasteiger partial charge in [-0.1, -0.05) is 22.9 Å². The second kappa shape index (κ2) is 5.32. The van der Waals surface area contributed by atoms with Crippen molar-refractivity contribution in [3.8, 4) is 0 Å². The van der Waals surface area contributed by atoms with Crippen LogP contribution in [-0.2, 0) is 0 Å². The highest BCUT2D eigenvalue weighted by Gasteiger charge is 2.25. The Morgan fingerprint density at radius 3 is 2.83 bits per heavy atom. The van der Waals surface area contributed by atoms with E-state index in [1.807, 2.05) is 6.07 Å². The van der Waals surface area contributed by atoms with Crippen LogP contribution < -0.4 is 5.32 Å². The van der Waals surface area contributed by atoms with Crippen LogP contribution in [0.1, 0.15) is 12.8 Å². The van der Waals surface area contributed by atoms with E-state index < -0.39 is 12.6 Å². The first-order valence-electron chi connectivity index (χ1n) is 5.31. The Bertz CT molecular complexity index is 539. The number of alkyl halides is 3. The van der Waals surface area contributed by atoms with Gasteiger partial charge >= 0.3 is 6.18 Å². The number of nitrogens with one attached hydrogen (secondary N) is 1. The molecule has 0 bridgehead atoms. The molecular formula is C11H10ClF3N2S. The second-order valence-corrected chi connectivity index (χ2v) is 5.24. The van der Waals surface area contributed by atoms with Gasteiger partial charge < -0.3 is 5.32 Å². The van der Waals surface area contributed by atoms with Crippen molar-refractivity contribution in [2.75, 3.05) is 11.9 Å². The van der Waals surface area contributed by atoms with Crippen molar-refractivity contribution in [3.63, 3.8) is 0 Å². The van der Waals surface area contributed by atoms with E-state index in [-0.39, 0.29) is 13.0 Å². The molecule has 0 radical (unpaired) electrons. The molecule has 2 rings (SSSR count). The van der Waals surface area contributed by atoms with Crippen molar-refractivity contribution in [2.24, 2.45) is 0 Å². The summed E-state index contributed by atoms with van der Waals surface area (Å²) in [6.07, 6.45) is -4.83. The van der Waals surface area contributed by atoms with E-state index >= 15 is 0 Å². The van der Waals surface area contributed by atoms with Gasteiger partial charge in [0, 0.05) is 18.0 Å². The summed E-state index contributed by atoms with van der Waals surface area (Å²) in [5, 5.41) is 4.10.